The zero-order valence-corrected chi connectivity index (χ0v) is 14.5. The molecule has 1 aliphatic heterocycles. The van der Waals surface area contributed by atoms with Crippen molar-refractivity contribution < 1.29 is 10.2 Å². The molecule has 2 N–H and O–H groups in total. The minimum absolute atomic E-state index is 0.124. The Morgan fingerprint density at radius 1 is 1.25 bits per heavy atom. The monoisotopic (exact) mass is 328 g/mol. The SMILES string of the molecule is Cc1ncc(CO)c(CN2CCc3nc(C(C)C)ncc3C2)c1O. The van der Waals surface area contributed by atoms with Crippen LogP contribution in [0.2, 0.25) is 0 Å². The Kier molecular flexibility index (Phi) is 4.78. The molecule has 24 heavy (non-hydrogen) atoms. The summed E-state index contributed by atoms with van der Waals surface area (Å²) >= 11 is 0. The van der Waals surface area contributed by atoms with E-state index in [0.29, 0.717) is 23.7 Å². The van der Waals surface area contributed by atoms with Gasteiger partial charge in [-0.1, -0.05) is 13.8 Å². The minimum atomic E-state index is -0.124. The molecule has 1 aliphatic rings. The van der Waals surface area contributed by atoms with E-state index in [1.807, 2.05) is 6.20 Å². The standard InChI is InChI=1S/C18H24N4O2/c1-11(2)18-20-6-13-8-22(5-4-16(13)21-18)9-15-14(10-23)7-19-12(3)17(15)24/h6-7,11,23-24H,4-5,8-10H2,1-3H3. The first-order chi connectivity index (χ1) is 11.5. The number of aromatic nitrogens is 3. The van der Waals surface area contributed by atoms with E-state index in [9.17, 15) is 10.2 Å². The third-order valence-electron chi connectivity index (χ3n) is 4.53. The molecule has 3 heterocycles. The average molecular weight is 328 g/mol. The highest BCUT2D eigenvalue weighted by atomic mass is 16.3. The molecular formula is C18H24N4O2. The second kappa shape index (κ2) is 6.83. The Balaban J connectivity index is 1.81. The Hall–Kier alpha value is -2.05. The molecule has 2 aromatic heterocycles. The van der Waals surface area contributed by atoms with E-state index in [-0.39, 0.29) is 12.4 Å². The normalized spacial score (nSPS) is 14.9. The number of pyridine rings is 1. The quantitative estimate of drug-likeness (QED) is 0.894. The van der Waals surface area contributed by atoms with Crippen molar-refractivity contribution in [1.82, 2.24) is 19.9 Å². The second-order valence-electron chi connectivity index (χ2n) is 6.67. The summed E-state index contributed by atoms with van der Waals surface area (Å²) < 4.78 is 0. The topological polar surface area (TPSA) is 82.4 Å². The first-order valence-corrected chi connectivity index (χ1v) is 8.33. The van der Waals surface area contributed by atoms with Crippen molar-refractivity contribution in [3.63, 3.8) is 0 Å². The predicted molar refractivity (Wildman–Crippen MR) is 90.5 cm³/mol. The van der Waals surface area contributed by atoms with Gasteiger partial charge in [-0.25, -0.2) is 9.97 Å². The number of nitrogens with zero attached hydrogens (tertiary/aromatic N) is 4. The van der Waals surface area contributed by atoms with E-state index in [2.05, 4.69) is 33.7 Å². The van der Waals surface area contributed by atoms with Crippen molar-refractivity contribution >= 4 is 0 Å². The van der Waals surface area contributed by atoms with Crippen LogP contribution in [0.1, 0.15) is 53.7 Å². The number of hydrogen-bond acceptors (Lipinski definition) is 6. The molecule has 0 spiro atoms. The fourth-order valence-corrected chi connectivity index (χ4v) is 3.02. The molecule has 0 bridgehead atoms. The molecule has 6 heteroatoms. The van der Waals surface area contributed by atoms with E-state index in [4.69, 9.17) is 0 Å². The Morgan fingerprint density at radius 3 is 2.75 bits per heavy atom. The summed E-state index contributed by atoms with van der Waals surface area (Å²) in [5.41, 5.74) is 4.29. The van der Waals surface area contributed by atoms with Crippen LogP contribution in [0.4, 0.5) is 0 Å². The third-order valence-corrected chi connectivity index (χ3v) is 4.53. The number of fused-ring (bicyclic) bond motifs is 1. The second-order valence-corrected chi connectivity index (χ2v) is 6.67. The Morgan fingerprint density at radius 2 is 2.04 bits per heavy atom. The maximum atomic E-state index is 10.3. The summed E-state index contributed by atoms with van der Waals surface area (Å²) in [5, 5.41) is 19.8. The first kappa shape index (κ1) is 16.8. The van der Waals surface area contributed by atoms with Crippen molar-refractivity contribution in [3.8, 4) is 5.75 Å². The van der Waals surface area contributed by atoms with Crippen molar-refractivity contribution in [2.24, 2.45) is 0 Å². The van der Waals surface area contributed by atoms with E-state index in [1.54, 1.807) is 13.1 Å². The highest BCUT2D eigenvalue weighted by Gasteiger charge is 2.21. The van der Waals surface area contributed by atoms with Gasteiger partial charge in [-0.05, 0) is 6.92 Å². The molecule has 0 aliphatic carbocycles. The maximum absolute atomic E-state index is 10.3. The fraction of sp³-hybridized carbons (Fsp3) is 0.500. The van der Waals surface area contributed by atoms with E-state index in [0.717, 1.165) is 42.2 Å². The van der Waals surface area contributed by atoms with Crippen LogP contribution in [0.15, 0.2) is 12.4 Å². The van der Waals surface area contributed by atoms with Crippen LogP contribution in [0.3, 0.4) is 0 Å². The van der Waals surface area contributed by atoms with Crippen molar-refractivity contribution in [1.29, 1.82) is 0 Å². The molecule has 0 fully saturated rings. The van der Waals surface area contributed by atoms with Gasteiger partial charge in [0.2, 0.25) is 0 Å². The van der Waals surface area contributed by atoms with Crippen LogP contribution in [0.5, 0.6) is 5.75 Å². The molecular weight excluding hydrogens is 304 g/mol. The summed E-state index contributed by atoms with van der Waals surface area (Å²) in [5.74, 6) is 1.41. The number of aromatic hydroxyl groups is 1. The average Bonchev–Trinajstić information content (AvgIpc) is 2.58. The van der Waals surface area contributed by atoms with Crippen LogP contribution in [-0.4, -0.2) is 36.6 Å². The Bertz CT molecular complexity index is 746. The van der Waals surface area contributed by atoms with Gasteiger partial charge in [0, 0.05) is 66.8 Å². The van der Waals surface area contributed by atoms with Gasteiger partial charge in [-0.3, -0.25) is 9.88 Å². The van der Waals surface area contributed by atoms with Crippen molar-refractivity contribution in [3.05, 3.63) is 46.3 Å². The Labute approximate surface area is 142 Å². The molecule has 0 unspecified atom stereocenters. The molecule has 3 rings (SSSR count). The van der Waals surface area contributed by atoms with Gasteiger partial charge in [-0.15, -0.1) is 0 Å². The maximum Gasteiger partial charge on any atom is 0.141 e. The zero-order chi connectivity index (χ0) is 17.3. The lowest BCUT2D eigenvalue weighted by Gasteiger charge is -2.29. The van der Waals surface area contributed by atoms with Crippen molar-refractivity contribution in [2.45, 2.75) is 52.8 Å². The van der Waals surface area contributed by atoms with Gasteiger partial charge < -0.3 is 10.2 Å². The van der Waals surface area contributed by atoms with Gasteiger partial charge in [0.05, 0.1) is 12.3 Å². The van der Waals surface area contributed by atoms with Gasteiger partial charge in [-0.2, -0.15) is 0 Å². The predicted octanol–water partition coefficient (Wildman–Crippen LogP) is 2.06. The molecule has 6 nitrogen and oxygen atoms in total. The van der Waals surface area contributed by atoms with Gasteiger partial charge in [0.15, 0.2) is 0 Å². The summed E-state index contributed by atoms with van der Waals surface area (Å²) in [6.07, 6.45) is 4.44. The minimum Gasteiger partial charge on any atom is -0.506 e. The number of hydrogen-bond donors (Lipinski definition) is 2. The van der Waals surface area contributed by atoms with Gasteiger partial charge in [0.25, 0.3) is 0 Å². The highest BCUT2D eigenvalue weighted by molar-refractivity contribution is 5.40. The largest absolute Gasteiger partial charge is 0.506 e. The van der Waals surface area contributed by atoms with Crippen molar-refractivity contribution in [2.75, 3.05) is 6.54 Å². The molecule has 2 aromatic rings. The number of aliphatic hydroxyl groups is 1. The molecule has 0 saturated heterocycles. The summed E-state index contributed by atoms with van der Waals surface area (Å²) in [4.78, 5) is 15.5. The van der Waals surface area contributed by atoms with Gasteiger partial charge >= 0.3 is 0 Å². The van der Waals surface area contributed by atoms with Gasteiger partial charge in [0.1, 0.15) is 11.6 Å². The molecule has 0 saturated carbocycles. The summed E-state index contributed by atoms with van der Waals surface area (Å²) in [6, 6.07) is 0. The van der Waals surface area contributed by atoms with E-state index >= 15 is 0 Å². The van der Waals surface area contributed by atoms with Crippen LogP contribution in [0.25, 0.3) is 0 Å². The molecule has 0 amide bonds. The third kappa shape index (κ3) is 3.25. The molecule has 0 aromatic carbocycles. The fourth-order valence-electron chi connectivity index (χ4n) is 3.02. The lowest BCUT2D eigenvalue weighted by atomic mass is 10.0. The van der Waals surface area contributed by atoms with Crippen LogP contribution >= 0.6 is 0 Å². The van der Waals surface area contributed by atoms with Crippen LogP contribution in [-0.2, 0) is 26.1 Å². The van der Waals surface area contributed by atoms with E-state index in [1.165, 1.54) is 0 Å². The first-order valence-electron chi connectivity index (χ1n) is 8.33. The number of aliphatic hydroxyl groups excluding tert-OH is 1. The lowest BCUT2D eigenvalue weighted by molar-refractivity contribution is 0.232. The highest BCUT2D eigenvalue weighted by Crippen LogP contribution is 2.27. The van der Waals surface area contributed by atoms with Crippen LogP contribution in [0, 0.1) is 6.92 Å². The number of rotatable bonds is 4. The molecule has 128 valence electrons. The number of aryl methyl sites for hydroxylation is 1. The lowest BCUT2D eigenvalue weighted by Crippen LogP contribution is -2.31. The molecule has 0 atom stereocenters. The summed E-state index contributed by atoms with van der Waals surface area (Å²) in [7, 11) is 0. The van der Waals surface area contributed by atoms with Crippen LogP contribution < -0.4 is 0 Å². The zero-order valence-electron chi connectivity index (χ0n) is 14.5. The molecule has 0 radical (unpaired) electrons. The summed E-state index contributed by atoms with van der Waals surface area (Å²) in [6.45, 7) is 8.04. The smallest absolute Gasteiger partial charge is 0.141 e. The van der Waals surface area contributed by atoms with E-state index < -0.39 is 0 Å².